The molecule has 1 rings (SSSR count). The van der Waals surface area contributed by atoms with Crippen molar-refractivity contribution in [3.05, 3.63) is 22.4 Å². The van der Waals surface area contributed by atoms with Crippen LogP contribution in [0, 0.1) is 0 Å². The first-order valence-electron chi connectivity index (χ1n) is 3.58. The van der Waals surface area contributed by atoms with Gasteiger partial charge >= 0.3 is 0 Å². The lowest BCUT2D eigenvalue weighted by Gasteiger charge is -1.91. The number of hydrogen-bond donors (Lipinski definition) is 1. The van der Waals surface area contributed by atoms with Gasteiger partial charge in [-0.25, -0.2) is 0 Å². The van der Waals surface area contributed by atoms with Crippen LogP contribution in [0.4, 0.5) is 0 Å². The fraction of sp³-hybridized carbons (Fsp3) is 0.250. The van der Waals surface area contributed by atoms with E-state index in [-0.39, 0.29) is 0 Å². The maximum Gasteiger partial charge on any atom is 0.119 e. The highest BCUT2D eigenvalue weighted by atomic mass is 32.1. The van der Waals surface area contributed by atoms with Gasteiger partial charge in [-0.2, -0.15) is 5.10 Å². The zero-order valence-corrected chi connectivity index (χ0v) is 7.93. The van der Waals surface area contributed by atoms with E-state index in [1.165, 1.54) is 0 Å². The molecule has 0 fully saturated rings. The van der Waals surface area contributed by atoms with Gasteiger partial charge in [-0.05, 0) is 25.3 Å². The molecular formula is C8H11N3S. The molecule has 64 valence electrons. The predicted molar refractivity (Wildman–Crippen MR) is 53.8 cm³/mol. The van der Waals surface area contributed by atoms with Crippen LogP contribution in [0.15, 0.2) is 27.7 Å². The zero-order chi connectivity index (χ0) is 8.97. The van der Waals surface area contributed by atoms with Crippen molar-refractivity contribution in [2.45, 2.75) is 13.8 Å². The van der Waals surface area contributed by atoms with Gasteiger partial charge in [-0.15, -0.1) is 16.4 Å². The predicted octanol–water partition coefficient (Wildman–Crippen LogP) is 1.85. The van der Waals surface area contributed by atoms with Crippen molar-refractivity contribution in [2.75, 3.05) is 0 Å². The third-order valence-corrected chi connectivity index (χ3v) is 2.21. The molecule has 0 aliphatic rings. The second-order valence-electron chi connectivity index (χ2n) is 2.40. The second kappa shape index (κ2) is 4.01. The van der Waals surface area contributed by atoms with Gasteiger partial charge in [0.15, 0.2) is 0 Å². The highest BCUT2D eigenvalue weighted by molar-refractivity contribution is 7.12. The lowest BCUT2D eigenvalue weighted by molar-refractivity contribution is 1.21. The van der Waals surface area contributed by atoms with E-state index < -0.39 is 0 Å². The quantitative estimate of drug-likeness (QED) is 0.422. The summed E-state index contributed by atoms with van der Waals surface area (Å²) in [5, 5.41) is 9.73. The van der Waals surface area contributed by atoms with Gasteiger partial charge in [-0.1, -0.05) is 6.07 Å². The van der Waals surface area contributed by atoms with Gasteiger partial charge in [-0.3, -0.25) is 0 Å². The molecule has 0 saturated heterocycles. The first-order chi connectivity index (χ1) is 5.70. The van der Waals surface area contributed by atoms with E-state index in [9.17, 15) is 0 Å². The Morgan fingerprint density at radius 2 is 2.17 bits per heavy atom. The van der Waals surface area contributed by atoms with Crippen LogP contribution >= 0.6 is 11.3 Å². The summed E-state index contributed by atoms with van der Waals surface area (Å²) >= 11 is 1.64. The smallest absolute Gasteiger partial charge is 0.119 e. The molecule has 0 amide bonds. The summed E-state index contributed by atoms with van der Waals surface area (Å²) in [6, 6.07) is 3.99. The zero-order valence-electron chi connectivity index (χ0n) is 7.11. The molecule has 0 saturated carbocycles. The maximum atomic E-state index is 5.34. The van der Waals surface area contributed by atoms with E-state index in [4.69, 9.17) is 5.73 Å². The fourth-order valence-electron chi connectivity index (χ4n) is 0.688. The Balaban J connectivity index is 2.78. The van der Waals surface area contributed by atoms with Crippen LogP contribution < -0.4 is 5.73 Å². The molecule has 1 aromatic heterocycles. The number of nitrogens with two attached hydrogens (primary N) is 1. The second-order valence-corrected chi connectivity index (χ2v) is 3.35. The number of thiophene rings is 1. The number of nitrogens with zero attached hydrogens (tertiary/aromatic N) is 2. The van der Waals surface area contributed by atoms with Crippen molar-refractivity contribution < 1.29 is 0 Å². The van der Waals surface area contributed by atoms with Gasteiger partial charge < -0.3 is 5.73 Å². The molecule has 0 bridgehead atoms. The summed E-state index contributed by atoms with van der Waals surface area (Å²) in [4.78, 5) is 1.13. The summed E-state index contributed by atoms with van der Waals surface area (Å²) < 4.78 is 0. The molecule has 12 heavy (non-hydrogen) atoms. The Morgan fingerprint density at radius 3 is 2.67 bits per heavy atom. The molecule has 0 aromatic carbocycles. The first-order valence-corrected chi connectivity index (χ1v) is 4.46. The van der Waals surface area contributed by atoms with E-state index in [1.54, 1.807) is 18.3 Å². The Hall–Kier alpha value is -1.16. The Labute approximate surface area is 75.6 Å². The summed E-state index contributed by atoms with van der Waals surface area (Å²) in [7, 11) is 0. The first kappa shape index (κ1) is 8.93. The molecule has 2 N–H and O–H groups in total. The lowest BCUT2D eigenvalue weighted by Crippen LogP contribution is -2.04. The van der Waals surface area contributed by atoms with Gasteiger partial charge in [0.1, 0.15) is 5.84 Å². The normalized spacial score (nSPS) is 13.5. The number of rotatable bonds is 2. The lowest BCUT2D eigenvalue weighted by atomic mass is 10.3. The highest BCUT2D eigenvalue weighted by Gasteiger charge is 1.95. The van der Waals surface area contributed by atoms with Crippen LogP contribution in [0.3, 0.4) is 0 Å². The SMILES string of the molecule is C/C(N)=N/N=C(/C)c1cccs1. The molecule has 1 heterocycles. The van der Waals surface area contributed by atoms with Crippen molar-refractivity contribution in [1.29, 1.82) is 0 Å². The van der Waals surface area contributed by atoms with Gasteiger partial charge in [0.25, 0.3) is 0 Å². The van der Waals surface area contributed by atoms with Gasteiger partial charge in [0.05, 0.1) is 10.6 Å². The van der Waals surface area contributed by atoms with E-state index >= 15 is 0 Å². The summed E-state index contributed by atoms with van der Waals surface area (Å²) in [5.74, 6) is 0.478. The van der Waals surface area contributed by atoms with Crippen LogP contribution in [0.1, 0.15) is 18.7 Å². The maximum absolute atomic E-state index is 5.34. The average Bonchev–Trinajstić information content (AvgIpc) is 2.51. The average molecular weight is 181 g/mol. The monoisotopic (exact) mass is 181 g/mol. The summed E-state index contributed by atoms with van der Waals surface area (Å²) in [5.41, 5.74) is 6.24. The molecule has 0 aliphatic carbocycles. The third kappa shape index (κ3) is 2.47. The number of amidine groups is 1. The van der Waals surface area contributed by atoms with E-state index in [0.29, 0.717) is 5.84 Å². The van der Waals surface area contributed by atoms with Crippen LogP contribution in [-0.2, 0) is 0 Å². The van der Waals surface area contributed by atoms with Crippen LogP contribution in [0.5, 0.6) is 0 Å². The van der Waals surface area contributed by atoms with Crippen molar-refractivity contribution in [2.24, 2.45) is 15.9 Å². The molecule has 1 aromatic rings. The molecule has 3 nitrogen and oxygen atoms in total. The molecule has 0 radical (unpaired) electrons. The van der Waals surface area contributed by atoms with Crippen molar-refractivity contribution in [1.82, 2.24) is 0 Å². The van der Waals surface area contributed by atoms with Gasteiger partial charge in [0.2, 0.25) is 0 Å². The number of hydrogen-bond acceptors (Lipinski definition) is 3. The standard InChI is InChI=1S/C8H11N3S/c1-6(10-11-7(2)9)8-4-3-5-12-8/h3-5H,1-2H3,(H2,9,11)/b10-6-. The van der Waals surface area contributed by atoms with Crippen molar-refractivity contribution in [3.8, 4) is 0 Å². The minimum Gasteiger partial charge on any atom is -0.386 e. The molecule has 4 heteroatoms. The van der Waals surface area contributed by atoms with Crippen LogP contribution in [-0.4, -0.2) is 11.5 Å². The molecule has 0 atom stereocenters. The Morgan fingerprint density at radius 1 is 1.42 bits per heavy atom. The highest BCUT2D eigenvalue weighted by Crippen LogP contribution is 2.09. The van der Waals surface area contributed by atoms with Crippen LogP contribution in [0.2, 0.25) is 0 Å². The summed E-state index contributed by atoms with van der Waals surface area (Å²) in [6.07, 6.45) is 0. The molecule has 0 unspecified atom stereocenters. The largest absolute Gasteiger partial charge is 0.386 e. The minimum absolute atomic E-state index is 0.478. The topological polar surface area (TPSA) is 50.7 Å². The third-order valence-electron chi connectivity index (χ3n) is 1.24. The minimum atomic E-state index is 0.478. The molecule has 0 spiro atoms. The Bertz CT molecular complexity index is 294. The molecule has 0 aliphatic heterocycles. The van der Waals surface area contributed by atoms with Crippen LogP contribution in [0.25, 0.3) is 0 Å². The van der Waals surface area contributed by atoms with E-state index in [0.717, 1.165) is 10.6 Å². The summed E-state index contributed by atoms with van der Waals surface area (Å²) in [6.45, 7) is 3.63. The Kier molecular flexibility index (Phi) is 2.99. The van der Waals surface area contributed by atoms with Gasteiger partial charge in [0, 0.05) is 0 Å². The van der Waals surface area contributed by atoms with Crippen molar-refractivity contribution >= 4 is 22.9 Å². The van der Waals surface area contributed by atoms with Crippen molar-refractivity contribution in [3.63, 3.8) is 0 Å². The van der Waals surface area contributed by atoms with E-state index in [2.05, 4.69) is 10.2 Å². The fourth-order valence-corrected chi connectivity index (χ4v) is 1.36. The van der Waals surface area contributed by atoms with E-state index in [1.807, 2.05) is 24.4 Å². The molecular weight excluding hydrogens is 170 g/mol.